The van der Waals surface area contributed by atoms with Gasteiger partial charge in [0.15, 0.2) is 34.7 Å². The number of aliphatic hydroxyl groups is 4. The third-order valence-electron chi connectivity index (χ3n) is 5.73. The number of aromatic nitrogens is 4. The molecule has 2 aromatic heterocycles. The second kappa shape index (κ2) is 9.95. The summed E-state index contributed by atoms with van der Waals surface area (Å²) >= 11 is 0. The fraction of sp³-hybridized carbons (Fsp3) is 0.476. The molecule has 5 N–H and O–H groups in total. The molecule has 3 aromatic rings. The summed E-state index contributed by atoms with van der Waals surface area (Å²) < 4.78 is 23.3. The van der Waals surface area contributed by atoms with E-state index >= 15 is 0 Å². The van der Waals surface area contributed by atoms with Crippen molar-refractivity contribution in [1.82, 2.24) is 19.5 Å². The molecule has 1 aliphatic rings. The number of ether oxygens (including phenoxy) is 4. The van der Waals surface area contributed by atoms with E-state index in [0.717, 1.165) is 5.56 Å². The normalized spacial score (nSPS) is 24.7. The van der Waals surface area contributed by atoms with Crippen LogP contribution in [-0.4, -0.2) is 92.3 Å². The van der Waals surface area contributed by atoms with Gasteiger partial charge in [0.25, 0.3) is 0 Å². The molecule has 1 saturated heterocycles. The summed E-state index contributed by atoms with van der Waals surface area (Å²) in [7, 11) is 4.60. The molecule has 13 nitrogen and oxygen atoms in total. The number of benzene rings is 1. The summed E-state index contributed by atoms with van der Waals surface area (Å²) in [4.78, 5) is 12.8. The number of hydrogen-bond donors (Lipinski definition) is 5. The Morgan fingerprint density at radius 3 is 2.41 bits per heavy atom. The summed E-state index contributed by atoms with van der Waals surface area (Å²) in [6.07, 6.45) is -3.95. The molecule has 0 spiro atoms. The van der Waals surface area contributed by atoms with Gasteiger partial charge in [0.05, 0.1) is 34.3 Å². The van der Waals surface area contributed by atoms with Crippen molar-refractivity contribution in [2.24, 2.45) is 0 Å². The molecule has 34 heavy (non-hydrogen) atoms. The van der Waals surface area contributed by atoms with Crippen molar-refractivity contribution in [3.63, 3.8) is 0 Å². The summed E-state index contributed by atoms with van der Waals surface area (Å²) in [5.74, 6) is 1.91. The van der Waals surface area contributed by atoms with Gasteiger partial charge in [-0.25, -0.2) is 15.0 Å². The Bertz CT molecular complexity index is 1140. The van der Waals surface area contributed by atoms with E-state index in [9.17, 15) is 20.4 Å². The molecule has 13 heteroatoms. The first kappa shape index (κ1) is 23.9. The molecule has 0 radical (unpaired) electrons. The number of hydrogen-bond acceptors (Lipinski definition) is 12. The Kier molecular flexibility index (Phi) is 7.00. The SMILES string of the molecule is COc1ccc(CNc2ncnc3c2ncn3C2O[C@H](CO)[C@@H](O)[C@H](O)[C@H]2O)c(OC)c1OC. The number of nitrogens with zero attached hydrogens (tertiary/aromatic N) is 4. The van der Waals surface area contributed by atoms with Crippen LogP contribution in [0.2, 0.25) is 0 Å². The molecular formula is C21H27N5O8. The molecule has 3 heterocycles. The van der Waals surface area contributed by atoms with E-state index in [1.165, 1.54) is 31.4 Å². The van der Waals surface area contributed by atoms with Gasteiger partial charge >= 0.3 is 0 Å². The Hall–Kier alpha value is -3.23. The first-order chi connectivity index (χ1) is 16.4. The lowest BCUT2D eigenvalue weighted by atomic mass is 9.98. The Morgan fingerprint density at radius 1 is 0.971 bits per heavy atom. The first-order valence-electron chi connectivity index (χ1n) is 10.4. The molecule has 1 aliphatic heterocycles. The van der Waals surface area contributed by atoms with Gasteiger partial charge in [-0.2, -0.15) is 0 Å². The highest BCUT2D eigenvalue weighted by Crippen LogP contribution is 2.40. The zero-order valence-corrected chi connectivity index (χ0v) is 18.8. The van der Waals surface area contributed by atoms with E-state index in [-0.39, 0.29) is 0 Å². The van der Waals surface area contributed by atoms with Crippen molar-refractivity contribution < 1.29 is 39.4 Å². The third kappa shape index (κ3) is 4.08. The van der Waals surface area contributed by atoms with E-state index in [1.54, 1.807) is 13.2 Å². The second-order valence-corrected chi connectivity index (χ2v) is 7.61. The Labute approximate surface area is 194 Å². The highest BCUT2D eigenvalue weighted by atomic mass is 16.6. The predicted molar refractivity (Wildman–Crippen MR) is 118 cm³/mol. The minimum Gasteiger partial charge on any atom is -0.493 e. The van der Waals surface area contributed by atoms with Gasteiger partial charge in [0.2, 0.25) is 5.75 Å². The van der Waals surface area contributed by atoms with Crippen molar-refractivity contribution >= 4 is 17.0 Å². The minimum absolute atomic E-state index is 0.308. The van der Waals surface area contributed by atoms with Crippen LogP contribution in [0.3, 0.4) is 0 Å². The number of aliphatic hydroxyl groups excluding tert-OH is 4. The lowest BCUT2D eigenvalue weighted by Gasteiger charge is -2.40. The van der Waals surface area contributed by atoms with Crippen molar-refractivity contribution in [2.45, 2.75) is 37.2 Å². The van der Waals surface area contributed by atoms with Crippen LogP contribution in [0.1, 0.15) is 11.8 Å². The van der Waals surface area contributed by atoms with Gasteiger partial charge in [0, 0.05) is 12.1 Å². The van der Waals surface area contributed by atoms with E-state index in [0.29, 0.717) is 40.8 Å². The van der Waals surface area contributed by atoms with Crippen LogP contribution >= 0.6 is 0 Å². The summed E-state index contributed by atoms with van der Waals surface area (Å²) in [6.45, 7) is -0.231. The van der Waals surface area contributed by atoms with Crippen molar-refractivity contribution in [2.75, 3.05) is 33.3 Å². The molecule has 1 unspecified atom stereocenters. The van der Waals surface area contributed by atoms with Crippen molar-refractivity contribution in [3.05, 3.63) is 30.4 Å². The second-order valence-electron chi connectivity index (χ2n) is 7.61. The fourth-order valence-electron chi connectivity index (χ4n) is 3.96. The van der Waals surface area contributed by atoms with Gasteiger partial charge in [-0.15, -0.1) is 0 Å². The molecule has 5 atom stereocenters. The lowest BCUT2D eigenvalue weighted by molar-refractivity contribution is -0.250. The molecular weight excluding hydrogens is 450 g/mol. The van der Waals surface area contributed by atoms with E-state index in [1.807, 2.05) is 6.07 Å². The monoisotopic (exact) mass is 477 g/mol. The molecule has 1 aromatic carbocycles. The van der Waals surface area contributed by atoms with Gasteiger partial charge in [-0.3, -0.25) is 4.57 Å². The largest absolute Gasteiger partial charge is 0.493 e. The number of fused-ring (bicyclic) bond motifs is 1. The predicted octanol–water partition coefficient (Wildman–Crippen LogP) is -0.563. The fourth-order valence-corrected chi connectivity index (χ4v) is 3.96. The molecule has 0 bridgehead atoms. The van der Waals surface area contributed by atoms with E-state index in [2.05, 4.69) is 20.3 Å². The maximum Gasteiger partial charge on any atom is 0.203 e. The van der Waals surface area contributed by atoms with E-state index < -0.39 is 37.3 Å². The third-order valence-corrected chi connectivity index (χ3v) is 5.73. The van der Waals surface area contributed by atoms with Crippen LogP contribution in [0, 0.1) is 0 Å². The average Bonchev–Trinajstić information content (AvgIpc) is 3.30. The van der Waals surface area contributed by atoms with Crippen LogP contribution in [0.5, 0.6) is 17.2 Å². The summed E-state index contributed by atoms with van der Waals surface area (Å²) in [6, 6.07) is 3.60. The quantitative estimate of drug-likeness (QED) is 0.280. The van der Waals surface area contributed by atoms with E-state index in [4.69, 9.17) is 18.9 Å². The number of methoxy groups -OCH3 is 3. The lowest BCUT2D eigenvalue weighted by Crippen LogP contribution is -2.56. The highest BCUT2D eigenvalue weighted by Gasteiger charge is 2.44. The van der Waals surface area contributed by atoms with Crippen molar-refractivity contribution in [1.29, 1.82) is 0 Å². The summed E-state index contributed by atoms with van der Waals surface area (Å²) in [5, 5.41) is 43.3. The Balaban J connectivity index is 1.62. The standard InChI is InChI=1S/C21H27N5O8/c1-31-11-5-4-10(17(32-2)18(11)33-3)6-22-19-13-20(24-8-23-19)26(9-25-13)21-16(30)15(29)14(28)12(7-27)34-21/h4-5,8-9,12,14-16,21,27-30H,6-7H2,1-3H3,(H,22,23,24)/t12-,14-,15+,16-,21?/m1/s1. The van der Waals surface area contributed by atoms with Gasteiger partial charge < -0.3 is 44.7 Å². The number of anilines is 1. The first-order valence-corrected chi connectivity index (χ1v) is 10.4. The maximum atomic E-state index is 10.5. The average molecular weight is 477 g/mol. The molecule has 184 valence electrons. The highest BCUT2D eigenvalue weighted by molar-refractivity contribution is 5.82. The number of rotatable bonds is 8. The molecule has 0 amide bonds. The van der Waals surface area contributed by atoms with Crippen LogP contribution in [-0.2, 0) is 11.3 Å². The Morgan fingerprint density at radius 2 is 1.74 bits per heavy atom. The van der Waals surface area contributed by atoms with Crippen molar-refractivity contribution in [3.8, 4) is 17.2 Å². The smallest absolute Gasteiger partial charge is 0.203 e. The van der Waals surface area contributed by atoms with Gasteiger partial charge in [-0.1, -0.05) is 0 Å². The van der Waals surface area contributed by atoms with Crippen LogP contribution in [0.25, 0.3) is 11.2 Å². The van der Waals surface area contributed by atoms with Crippen LogP contribution in [0.15, 0.2) is 24.8 Å². The van der Waals surface area contributed by atoms with Crippen LogP contribution in [0.4, 0.5) is 5.82 Å². The number of imidazole rings is 1. The topological polar surface area (TPSA) is 173 Å². The minimum atomic E-state index is -1.52. The zero-order valence-electron chi connectivity index (χ0n) is 18.8. The molecule has 4 rings (SSSR count). The summed E-state index contributed by atoms with van der Waals surface area (Å²) in [5.41, 5.74) is 1.49. The maximum absolute atomic E-state index is 10.5. The molecule has 0 saturated carbocycles. The zero-order chi connectivity index (χ0) is 24.4. The molecule has 0 aliphatic carbocycles. The van der Waals surface area contributed by atoms with Crippen LogP contribution < -0.4 is 19.5 Å². The van der Waals surface area contributed by atoms with Gasteiger partial charge in [-0.05, 0) is 12.1 Å². The number of nitrogens with one attached hydrogen (secondary N) is 1. The van der Waals surface area contributed by atoms with Gasteiger partial charge in [0.1, 0.15) is 30.7 Å². The molecule has 1 fully saturated rings.